The van der Waals surface area contributed by atoms with Crippen LogP contribution in [-0.4, -0.2) is 48.0 Å². The molecular weight excluding hydrogens is 406 g/mol. The molecule has 7 nitrogen and oxygen atoms in total. The number of nitrogens with zero attached hydrogens (tertiary/aromatic N) is 1. The average molecular weight is 440 g/mol. The zero-order valence-corrected chi connectivity index (χ0v) is 19.0. The highest BCUT2D eigenvalue weighted by atomic mass is 16.5. The number of ether oxygens (including phenoxy) is 1. The van der Waals surface area contributed by atoms with Crippen LogP contribution < -0.4 is 10.6 Å². The number of esters is 1. The van der Waals surface area contributed by atoms with Gasteiger partial charge >= 0.3 is 5.97 Å². The van der Waals surface area contributed by atoms with Crippen LogP contribution in [0, 0.1) is 23.2 Å². The number of amides is 2. The Balaban J connectivity index is 1.34. The van der Waals surface area contributed by atoms with Gasteiger partial charge in [-0.05, 0) is 63.0 Å². The topological polar surface area (TPSA) is 87.7 Å². The molecule has 0 radical (unpaired) electrons. The maximum Gasteiger partial charge on any atom is 0.310 e. The minimum absolute atomic E-state index is 0.0355. The molecule has 1 saturated heterocycles. The van der Waals surface area contributed by atoms with Gasteiger partial charge in [0.2, 0.25) is 5.91 Å². The van der Waals surface area contributed by atoms with Gasteiger partial charge in [-0.1, -0.05) is 19.1 Å². The maximum atomic E-state index is 13.7. The number of fused-ring (bicyclic) bond motifs is 3. The second-order valence-corrected chi connectivity index (χ2v) is 10.3. The van der Waals surface area contributed by atoms with Crippen molar-refractivity contribution < 1.29 is 19.1 Å². The van der Waals surface area contributed by atoms with E-state index in [0.717, 1.165) is 44.2 Å². The first-order valence-corrected chi connectivity index (χ1v) is 12.0. The Hall–Kier alpha value is -2.57. The second kappa shape index (κ2) is 7.78. The predicted octanol–water partition coefficient (Wildman–Crippen LogP) is 3.17. The average Bonchev–Trinajstić information content (AvgIpc) is 2.78. The maximum absolute atomic E-state index is 13.7. The van der Waals surface area contributed by atoms with E-state index in [-0.39, 0.29) is 41.0 Å². The van der Waals surface area contributed by atoms with Crippen molar-refractivity contribution in [2.75, 3.05) is 25.0 Å². The third kappa shape index (κ3) is 3.37. The Morgan fingerprint density at radius 3 is 2.81 bits per heavy atom. The van der Waals surface area contributed by atoms with Gasteiger partial charge in [0.25, 0.3) is 5.91 Å². The molecule has 0 aromatic heterocycles. The third-order valence-electron chi connectivity index (χ3n) is 8.32. The number of benzene rings is 1. The Morgan fingerprint density at radius 1 is 1.22 bits per heavy atom. The summed E-state index contributed by atoms with van der Waals surface area (Å²) >= 11 is 0. The highest BCUT2D eigenvalue weighted by Gasteiger charge is 2.60. The van der Waals surface area contributed by atoms with Gasteiger partial charge in [0.05, 0.1) is 18.1 Å². The number of carbonyl (C=O) groups excluding carboxylic acids is 3. The number of hydrogen-bond acceptors (Lipinski definition) is 5. The van der Waals surface area contributed by atoms with Crippen molar-refractivity contribution in [1.29, 1.82) is 0 Å². The van der Waals surface area contributed by atoms with Crippen LogP contribution in [0.2, 0.25) is 0 Å². The predicted molar refractivity (Wildman–Crippen MR) is 120 cm³/mol. The number of nitrogens with one attached hydrogen (secondary N) is 2. The van der Waals surface area contributed by atoms with Crippen molar-refractivity contribution in [3.8, 4) is 0 Å². The first kappa shape index (κ1) is 21.3. The molecule has 32 heavy (non-hydrogen) atoms. The molecule has 172 valence electrons. The number of likely N-dealkylation sites (tertiary alicyclic amines) is 1. The molecule has 3 aliphatic carbocycles. The van der Waals surface area contributed by atoms with Crippen LogP contribution in [0.3, 0.4) is 0 Å². The highest BCUT2D eigenvalue weighted by Crippen LogP contribution is 2.59. The SMILES string of the molecule is CCOC(=O)[C@H]1CCCN(C(=O)[C@@H]2C[C@@H]3CC[C@]2(C)C[C@]32NC(=O)c3ccccc3N2)C1. The second-order valence-electron chi connectivity index (χ2n) is 10.3. The molecule has 5 atom stereocenters. The lowest BCUT2D eigenvalue weighted by molar-refractivity contribution is -0.157. The van der Waals surface area contributed by atoms with Crippen LogP contribution in [-0.2, 0) is 14.3 Å². The number of piperidine rings is 1. The standard InChI is InChI=1S/C25H33N3O4/c1-3-32-23(31)16-7-6-12-28(14-16)22(30)19-13-17-10-11-24(19,2)15-25(17)26-20-9-5-4-8-18(20)21(29)27-25/h4-5,8-9,16-17,19,26H,3,6-7,10-15H2,1-2H3,(H,27,29)/t16-,17-,19-,24+,25-/m0/s1. The van der Waals surface area contributed by atoms with E-state index >= 15 is 0 Å². The van der Waals surface area contributed by atoms with Gasteiger partial charge in [-0.3, -0.25) is 14.4 Å². The fourth-order valence-corrected chi connectivity index (χ4v) is 6.68. The molecule has 1 aromatic carbocycles. The van der Waals surface area contributed by atoms with Gasteiger partial charge in [-0.25, -0.2) is 0 Å². The number of hydrogen-bond donors (Lipinski definition) is 2. The Kier molecular flexibility index (Phi) is 5.18. The largest absolute Gasteiger partial charge is 0.466 e. The number of carbonyl (C=O) groups is 3. The van der Waals surface area contributed by atoms with E-state index in [9.17, 15) is 14.4 Å². The van der Waals surface area contributed by atoms with Crippen LogP contribution in [0.4, 0.5) is 5.69 Å². The van der Waals surface area contributed by atoms with Crippen LogP contribution in [0.1, 0.15) is 62.7 Å². The lowest BCUT2D eigenvalue weighted by Gasteiger charge is -2.61. The molecule has 1 spiro atoms. The van der Waals surface area contributed by atoms with E-state index in [1.54, 1.807) is 0 Å². The van der Waals surface area contributed by atoms with E-state index in [1.165, 1.54) is 0 Å². The first-order chi connectivity index (χ1) is 15.3. The fraction of sp³-hybridized carbons (Fsp3) is 0.640. The summed E-state index contributed by atoms with van der Waals surface area (Å²) < 4.78 is 5.21. The van der Waals surface area contributed by atoms with E-state index in [1.807, 2.05) is 36.1 Å². The first-order valence-electron chi connectivity index (χ1n) is 12.0. The molecule has 2 aliphatic heterocycles. The Labute approximate surface area is 189 Å². The van der Waals surface area contributed by atoms with Crippen LogP contribution >= 0.6 is 0 Å². The number of para-hydroxylation sites is 1. The number of anilines is 1. The summed E-state index contributed by atoms with van der Waals surface area (Å²) in [5.74, 6) is -0.156. The van der Waals surface area contributed by atoms with Crippen molar-refractivity contribution in [2.24, 2.45) is 23.2 Å². The molecule has 1 aromatic rings. The summed E-state index contributed by atoms with van der Waals surface area (Å²) in [6, 6.07) is 7.63. The van der Waals surface area contributed by atoms with E-state index in [2.05, 4.69) is 17.6 Å². The molecule has 0 unspecified atom stereocenters. The molecule has 7 heteroatoms. The van der Waals surface area contributed by atoms with Crippen LogP contribution in [0.25, 0.3) is 0 Å². The molecular formula is C25H33N3O4. The summed E-state index contributed by atoms with van der Waals surface area (Å²) in [6.07, 6.45) is 5.07. The summed E-state index contributed by atoms with van der Waals surface area (Å²) in [5.41, 5.74) is 0.860. The van der Waals surface area contributed by atoms with Gasteiger partial charge in [-0.2, -0.15) is 0 Å². The minimum Gasteiger partial charge on any atom is -0.466 e. The lowest BCUT2D eigenvalue weighted by atomic mass is 9.51. The van der Waals surface area contributed by atoms with Crippen molar-refractivity contribution in [3.63, 3.8) is 0 Å². The summed E-state index contributed by atoms with van der Waals surface area (Å²) in [6.45, 7) is 5.56. The molecule has 2 N–H and O–H groups in total. The zero-order valence-electron chi connectivity index (χ0n) is 19.0. The van der Waals surface area contributed by atoms with E-state index in [0.29, 0.717) is 25.3 Å². The van der Waals surface area contributed by atoms with E-state index < -0.39 is 5.66 Å². The molecule has 6 rings (SSSR count). The van der Waals surface area contributed by atoms with Gasteiger partial charge in [0, 0.05) is 30.6 Å². The summed E-state index contributed by atoms with van der Waals surface area (Å²) in [4.78, 5) is 40.7. The van der Waals surface area contributed by atoms with Crippen molar-refractivity contribution in [2.45, 2.75) is 58.0 Å². The minimum atomic E-state index is -0.495. The van der Waals surface area contributed by atoms with Crippen molar-refractivity contribution in [1.82, 2.24) is 10.2 Å². The fourth-order valence-electron chi connectivity index (χ4n) is 6.68. The summed E-state index contributed by atoms with van der Waals surface area (Å²) in [5, 5.41) is 6.94. The Morgan fingerprint density at radius 2 is 2.03 bits per heavy atom. The van der Waals surface area contributed by atoms with Crippen LogP contribution in [0.5, 0.6) is 0 Å². The monoisotopic (exact) mass is 439 g/mol. The normalized spacial score (nSPS) is 35.6. The zero-order chi connectivity index (χ0) is 22.5. The van der Waals surface area contributed by atoms with Gasteiger partial charge in [-0.15, -0.1) is 0 Å². The molecule has 2 heterocycles. The smallest absolute Gasteiger partial charge is 0.310 e. The molecule has 4 fully saturated rings. The molecule has 2 bridgehead atoms. The van der Waals surface area contributed by atoms with Gasteiger partial charge in [0.1, 0.15) is 5.66 Å². The van der Waals surface area contributed by atoms with Crippen LogP contribution in [0.15, 0.2) is 24.3 Å². The molecule has 5 aliphatic rings. The third-order valence-corrected chi connectivity index (χ3v) is 8.32. The number of rotatable bonds is 3. The quantitative estimate of drug-likeness (QED) is 0.707. The van der Waals surface area contributed by atoms with Crippen molar-refractivity contribution in [3.05, 3.63) is 29.8 Å². The lowest BCUT2D eigenvalue weighted by Crippen LogP contribution is -2.70. The summed E-state index contributed by atoms with van der Waals surface area (Å²) in [7, 11) is 0. The van der Waals surface area contributed by atoms with Crippen molar-refractivity contribution >= 4 is 23.5 Å². The van der Waals surface area contributed by atoms with Gasteiger partial charge in [0.15, 0.2) is 0 Å². The molecule has 3 saturated carbocycles. The molecule has 2 amide bonds. The Bertz CT molecular complexity index is 949. The van der Waals surface area contributed by atoms with E-state index in [4.69, 9.17) is 4.74 Å². The highest BCUT2D eigenvalue weighted by molar-refractivity contribution is 6.02. The van der Waals surface area contributed by atoms with Gasteiger partial charge < -0.3 is 20.3 Å².